The maximum atomic E-state index is 12.3. The van der Waals surface area contributed by atoms with Crippen LogP contribution in [-0.4, -0.2) is 11.1 Å². The van der Waals surface area contributed by atoms with E-state index in [4.69, 9.17) is 0 Å². The molecule has 21 heavy (non-hydrogen) atoms. The van der Waals surface area contributed by atoms with Crippen molar-refractivity contribution in [3.63, 3.8) is 0 Å². The van der Waals surface area contributed by atoms with Crippen LogP contribution in [0, 0.1) is 6.92 Å². The third-order valence-electron chi connectivity index (χ3n) is 3.51. The third-order valence-corrected chi connectivity index (χ3v) is 4.51. The molecule has 0 bridgehead atoms. The molecular weight excluding hydrogens is 280 g/mol. The van der Waals surface area contributed by atoms with E-state index >= 15 is 0 Å². The molecule has 0 radical (unpaired) electrons. The first-order valence-corrected chi connectivity index (χ1v) is 7.90. The Morgan fingerprint density at radius 3 is 2.81 bits per heavy atom. The Balaban J connectivity index is 1.63. The molecule has 0 unspecified atom stereocenters. The van der Waals surface area contributed by atoms with Crippen LogP contribution in [0.5, 0.6) is 0 Å². The summed E-state index contributed by atoms with van der Waals surface area (Å²) in [6, 6.07) is 14.0. The van der Waals surface area contributed by atoms with E-state index in [0.29, 0.717) is 6.54 Å². The van der Waals surface area contributed by atoms with E-state index in [2.05, 4.69) is 24.4 Å². The largest absolute Gasteiger partial charge is 0.314 e. The summed E-state index contributed by atoms with van der Waals surface area (Å²) in [7, 11) is 0. The zero-order valence-electron chi connectivity index (χ0n) is 12.0. The lowest BCUT2D eigenvalue weighted by molar-refractivity contribution is 0.590. The standard InChI is InChI=1S/C17H18N2OS/c1-13-6-7-15(21-13)12-18-9-11-19-10-8-14-4-2-3-5-16(14)17(19)20/h2-8,10,18H,9,11-12H2,1H3. The highest BCUT2D eigenvalue weighted by atomic mass is 32.1. The lowest BCUT2D eigenvalue weighted by Gasteiger charge is -2.08. The molecule has 3 nitrogen and oxygen atoms in total. The van der Waals surface area contributed by atoms with Crippen molar-refractivity contribution in [2.75, 3.05) is 6.54 Å². The second-order valence-electron chi connectivity index (χ2n) is 5.09. The molecule has 2 aromatic heterocycles. The van der Waals surface area contributed by atoms with E-state index in [-0.39, 0.29) is 5.56 Å². The van der Waals surface area contributed by atoms with Crippen LogP contribution in [0.15, 0.2) is 53.5 Å². The molecule has 1 aromatic carbocycles. The number of benzene rings is 1. The molecule has 4 heteroatoms. The number of hydrogen-bond donors (Lipinski definition) is 1. The SMILES string of the molecule is Cc1ccc(CNCCn2ccc3ccccc3c2=O)s1. The highest BCUT2D eigenvalue weighted by Crippen LogP contribution is 2.14. The molecule has 0 atom stereocenters. The van der Waals surface area contributed by atoms with Gasteiger partial charge in [-0.05, 0) is 36.6 Å². The fourth-order valence-electron chi connectivity index (χ4n) is 2.40. The van der Waals surface area contributed by atoms with E-state index in [1.165, 1.54) is 9.75 Å². The van der Waals surface area contributed by atoms with Gasteiger partial charge in [0.1, 0.15) is 0 Å². The Morgan fingerprint density at radius 2 is 2.00 bits per heavy atom. The number of aromatic nitrogens is 1. The Kier molecular flexibility index (Phi) is 4.18. The first-order valence-electron chi connectivity index (χ1n) is 7.08. The maximum absolute atomic E-state index is 12.3. The van der Waals surface area contributed by atoms with Gasteiger partial charge >= 0.3 is 0 Å². The summed E-state index contributed by atoms with van der Waals surface area (Å²) in [6.07, 6.45) is 1.88. The molecule has 0 aliphatic rings. The Labute approximate surface area is 127 Å². The minimum atomic E-state index is 0.0851. The molecule has 0 amide bonds. The smallest absolute Gasteiger partial charge is 0.258 e. The van der Waals surface area contributed by atoms with Gasteiger partial charge in [0.2, 0.25) is 0 Å². The number of rotatable bonds is 5. The summed E-state index contributed by atoms with van der Waals surface area (Å²) in [5.41, 5.74) is 0.0851. The maximum Gasteiger partial charge on any atom is 0.258 e. The molecule has 3 rings (SSSR count). The van der Waals surface area contributed by atoms with Gasteiger partial charge in [0.05, 0.1) is 0 Å². The zero-order valence-corrected chi connectivity index (χ0v) is 12.8. The van der Waals surface area contributed by atoms with Crippen molar-refractivity contribution in [1.82, 2.24) is 9.88 Å². The minimum absolute atomic E-state index is 0.0851. The lowest BCUT2D eigenvalue weighted by Crippen LogP contribution is -2.26. The number of fused-ring (bicyclic) bond motifs is 1. The van der Waals surface area contributed by atoms with Crippen LogP contribution < -0.4 is 10.9 Å². The van der Waals surface area contributed by atoms with Crippen LogP contribution in [0.25, 0.3) is 10.8 Å². The normalized spacial score (nSPS) is 11.1. The zero-order chi connectivity index (χ0) is 14.7. The number of aryl methyl sites for hydroxylation is 1. The van der Waals surface area contributed by atoms with Gasteiger partial charge in [-0.1, -0.05) is 18.2 Å². The fraction of sp³-hybridized carbons (Fsp3) is 0.235. The van der Waals surface area contributed by atoms with Gasteiger partial charge in [-0.15, -0.1) is 11.3 Å². The molecule has 0 aliphatic heterocycles. The monoisotopic (exact) mass is 298 g/mol. The van der Waals surface area contributed by atoms with E-state index in [1.54, 1.807) is 4.57 Å². The summed E-state index contributed by atoms with van der Waals surface area (Å²) in [4.78, 5) is 15.0. The van der Waals surface area contributed by atoms with Gasteiger partial charge in [-0.3, -0.25) is 4.79 Å². The quantitative estimate of drug-likeness (QED) is 0.734. The number of pyridine rings is 1. The molecule has 1 N–H and O–H groups in total. The predicted molar refractivity (Wildman–Crippen MR) is 89.0 cm³/mol. The first kappa shape index (κ1) is 14.0. The van der Waals surface area contributed by atoms with Gasteiger partial charge in [-0.25, -0.2) is 0 Å². The summed E-state index contributed by atoms with van der Waals surface area (Å²) in [5, 5.41) is 5.18. The van der Waals surface area contributed by atoms with Crippen molar-refractivity contribution in [3.8, 4) is 0 Å². The summed E-state index contributed by atoms with van der Waals surface area (Å²) < 4.78 is 1.77. The van der Waals surface area contributed by atoms with Crippen LogP contribution in [0.1, 0.15) is 9.75 Å². The van der Waals surface area contributed by atoms with E-state index in [9.17, 15) is 4.79 Å². The Morgan fingerprint density at radius 1 is 1.14 bits per heavy atom. The summed E-state index contributed by atoms with van der Waals surface area (Å²) in [5.74, 6) is 0. The van der Waals surface area contributed by atoms with Gasteiger partial charge in [0.15, 0.2) is 0 Å². The van der Waals surface area contributed by atoms with Crippen LogP contribution in [-0.2, 0) is 13.1 Å². The molecule has 0 saturated heterocycles. The topological polar surface area (TPSA) is 34.0 Å². The minimum Gasteiger partial charge on any atom is -0.314 e. The molecule has 0 aliphatic carbocycles. The second kappa shape index (κ2) is 6.24. The van der Waals surface area contributed by atoms with Gasteiger partial charge in [-0.2, -0.15) is 0 Å². The number of nitrogens with zero attached hydrogens (tertiary/aromatic N) is 1. The average molecular weight is 298 g/mol. The highest BCUT2D eigenvalue weighted by Gasteiger charge is 2.02. The van der Waals surface area contributed by atoms with Crippen molar-refractivity contribution in [1.29, 1.82) is 0 Å². The fourth-order valence-corrected chi connectivity index (χ4v) is 3.26. The van der Waals surface area contributed by atoms with Crippen LogP contribution in [0.3, 0.4) is 0 Å². The molecule has 3 aromatic rings. The van der Waals surface area contributed by atoms with Crippen molar-refractivity contribution in [2.24, 2.45) is 0 Å². The van der Waals surface area contributed by atoms with E-state index < -0.39 is 0 Å². The lowest BCUT2D eigenvalue weighted by atomic mass is 10.2. The Bertz CT molecular complexity index is 804. The van der Waals surface area contributed by atoms with E-state index in [0.717, 1.165) is 23.9 Å². The van der Waals surface area contributed by atoms with Gasteiger partial charge in [0, 0.05) is 41.0 Å². The van der Waals surface area contributed by atoms with Crippen LogP contribution in [0.2, 0.25) is 0 Å². The molecule has 0 spiro atoms. The first-order chi connectivity index (χ1) is 10.2. The predicted octanol–water partition coefficient (Wildman–Crippen LogP) is 3.16. The second-order valence-corrected chi connectivity index (χ2v) is 6.46. The molecule has 0 saturated carbocycles. The van der Waals surface area contributed by atoms with Crippen LogP contribution in [0.4, 0.5) is 0 Å². The van der Waals surface area contributed by atoms with Gasteiger partial charge in [0.25, 0.3) is 5.56 Å². The van der Waals surface area contributed by atoms with Crippen molar-refractivity contribution in [3.05, 3.63) is 68.8 Å². The molecule has 0 fully saturated rings. The van der Waals surface area contributed by atoms with Crippen molar-refractivity contribution >= 4 is 22.1 Å². The number of nitrogens with one attached hydrogen (secondary N) is 1. The molecule has 108 valence electrons. The van der Waals surface area contributed by atoms with Gasteiger partial charge < -0.3 is 9.88 Å². The summed E-state index contributed by atoms with van der Waals surface area (Å²) in [6.45, 7) is 4.45. The summed E-state index contributed by atoms with van der Waals surface area (Å²) >= 11 is 1.81. The van der Waals surface area contributed by atoms with E-state index in [1.807, 2.05) is 47.9 Å². The van der Waals surface area contributed by atoms with Crippen molar-refractivity contribution < 1.29 is 0 Å². The highest BCUT2D eigenvalue weighted by molar-refractivity contribution is 7.11. The molecular formula is C17H18N2OS. The third kappa shape index (κ3) is 3.23. The number of thiophene rings is 1. The van der Waals surface area contributed by atoms with Crippen LogP contribution >= 0.6 is 11.3 Å². The average Bonchev–Trinajstić information content (AvgIpc) is 2.91. The van der Waals surface area contributed by atoms with Crippen molar-refractivity contribution in [2.45, 2.75) is 20.0 Å². The molecule has 2 heterocycles. The Hall–Kier alpha value is -1.91. The number of hydrogen-bond acceptors (Lipinski definition) is 3.